The van der Waals surface area contributed by atoms with Crippen molar-refractivity contribution in [3.63, 3.8) is 0 Å². The first-order valence-electron chi connectivity index (χ1n) is 8.21. The molecule has 0 saturated heterocycles. The number of carbonyl (C=O) groups is 2. The normalized spacial score (nSPS) is 12.2. The maximum atomic E-state index is 11.9. The fraction of sp³-hybridized carbons (Fsp3) is 0.556. The van der Waals surface area contributed by atoms with E-state index in [-0.39, 0.29) is 48.7 Å². The van der Waals surface area contributed by atoms with Gasteiger partial charge < -0.3 is 24.4 Å². The molecule has 0 aliphatic carbocycles. The van der Waals surface area contributed by atoms with E-state index in [0.29, 0.717) is 23.7 Å². The van der Waals surface area contributed by atoms with Crippen LogP contribution in [0.15, 0.2) is 18.2 Å². The molecule has 7 nitrogen and oxygen atoms in total. The Balaban J connectivity index is 0.000000412. The fourth-order valence-corrected chi connectivity index (χ4v) is 2.34. The number of ether oxygens (including phenoxy) is 3. The Morgan fingerprint density at radius 3 is 2.38 bits per heavy atom. The van der Waals surface area contributed by atoms with Gasteiger partial charge in [0.05, 0.1) is 31.3 Å². The molecule has 1 aliphatic heterocycles. The molecule has 0 fully saturated rings. The van der Waals surface area contributed by atoms with E-state index < -0.39 is 0 Å². The Labute approximate surface area is 157 Å². The standard InChI is InChI=1S/C13H14O5S.C5H12O2/c1-2-16-13(15)7-19-6-10(14)9-3-4-11-12(5-9)18-8-17-11;1-5(2,3-6)4-7/h3-5H,2,6-8H2,1H3;6-7H,3-4H2,1-2H3. The van der Waals surface area contributed by atoms with E-state index >= 15 is 0 Å². The lowest BCUT2D eigenvalue weighted by Crippen LogP contribution is -2.20. The summed E-state index contributed by atoms with van der Waals surface area (Å²) in [5.41, 5.74) is 0.251. The molecule has 146 valence electrons. The van der Waals surface area contributed by atoms with Crippen molar-refractivity contribution in [1.82, 2.24) is 0 Å². The number of hydrogen-bond acceptors (Lipinski definition) is 8. The van der Waals surface area contributed by atoms with Crippen molar-refractivity contribution in [3.05, 3.63) is 23.8 Å². The second-order valence-electron chi connectivity index (χ2n) is 6.27. The van der Waals surface area contributed by atoms with Crippen LogP contribution in [0.4, 0.5) is 0 Å². The van der Waals surface area contributed by atoms with Crippen molar-refractivity contribution >= 4 is 23.5 Å². The Morgan fingerprint density at radius 1 is 1.15 bits per heavy atom. The second kappa shape index (κ2) is 11.1. The van der Waals surface area contributed by atoms with Crippen molar-refractivity contribution in [2.45, 2.75) is 20.8 Å². The third kappa shape index (κ3) is 7.63. The number of aliphatic hydroxyl groups excluding tert-OH is 2. The molecular weight excluding hydrogens is 360 g/mol. The van der Waals surface area contributed by atoms with Crippen LogP contribution in [0.2, 0.25) is 0 Å². The van der Waals surface area contributed by atoms with Crippen LogP contribution >= 0.6 is 11.8 Å². The molecule has 0 aromatic heterocycles. The van der Waals surface area contributed by atoms with Crippen LogP contribution in [0, 0.1) is 5.41 Å². The maximum absolute atomic E-state index is 11.9. The summed E-state index contributed by atoms with van der Waals surface area (Å²) in [6.45, 7) is 5.98. The Morgan fingerprint density at radius 2 is 1.81 bits per heavy atom. The van der Waals surface area contributed by atoms with Crippen LogP contribution in [0.1, 0.15) is 31.1 Å². The summed E-state index contributed by atoms with van der Waals surface area (Å²) in [5.74, 6) is 1.30. The van der Waals surface area contributed by atoms with Gasteiger partial charge in [0.1, 0.15) is 0 Å². The summed E-state index contributed by atoms with van der Waals surface area (Å²) in [6, 6.07) is 5.07. The summed E-state index contributed by atoms with van der Waals surface area (Å²) in [4.78, 5) is 23.0. The first kappa shape index (κ1) is 22.3. The molecule has 0 atom stereocenters. The number of thioether (sulfide) groups is 1. The summed E-state index contributed by atoms with van der Waals surface area (Å²) in [7, 11) is 0. The van der Waals surface area contributed by atoms with Crippen LogP contribution in [0.25, 0.3) is 0 Å². The molecule has 0 spiro atoms. The maximum Gasteiger partial charge on any atom is 0.315 e. The minimum Gasteiger partial charge on any atom is -0.465 e. The molecule has 0 amide bonds. The minimum absolute atomic E-state index is 0.0451. The average molecular weight is 386 g/mol. The molecule has 0 radical (unpaired) electrons. The van der Waals surface area contributed by atoms with Gasteiger partial charge in [-0.15, -0.1) is 11.8 Å². The highest BCUT2D eigenvalue weighted by molar-refractivity contribution is 8.00. The predicted octanol–water partition coefficient (Wildman–Crippen LogP) is 1.89. The van der Waals surface area contributed by atoms with Crippen molar-refractivity contribution in [2.75, 3.05) is 38.1 Å². The molecule has 0 saturated carbocycles. The van der Waals surface area contributed by atoms with Gasteiger partial charge in [-0.3, -0.25) is 9.59 Å². The van der Waals surface area contributed by atoms with Gasteiger partial charge in [-0.1, -0.05) is 13.8 Å². The van der Waals surface area contributed by atoms with E-state index in [0.717, 1.165) is 0 Å². The number of benzene rings is 1. The van der Waals surface area contributed by atoms with Gasteiger partial charge >= 0.3 is 5.97 Å². The number of fused-ring (bicyclic) bond motifs is 1. The van der Waals surface area contributed by atoms with Gasteiger partial charge in [0.25, 0.3) is 0 Å². The summed E-state index contributed by atoms with van der Waals surface area (Å²) in [6.07, 6.45) is 0. The molecule has 1 heterocycles. The highest BCUT2D eigenvalue weighted by Gasteiger charge is 2.16. The quantitative estimate of drug-likeness (QED) is 0.516. The van der Waals surface area contributed by atoms with Gasteiger partial charge in [0, 0.05) is 11.0 Å². The van der Waals surface area contributed by atoms with Crippen LogP contribution < -0.4 is 9.47 Å². The molecule has 1 aliphatic rings. The first-order valence-corrected chi connectivity index (χ1v) is 9.36. The van der Waals surface area contributed by atoms with Crippen LogP contribution in [0.3, 0.4) is 0 Å². The van der Waals surface area contributed by atoms with Crippen LogP contribution in [0.5, 0.6) is 11.5 Å². The van der Waals surface area contributed by atoms with E-state index in [4.69, 9.17) is 24.4 Å². The monoisotopic (exact) mass is 386 g/mol. The number of rotatable bonds is 8. The van der Waals surface area contributed by atoms with Crippen LogP contribution in [-0.2, 0) is 9.53 Å². The molecule has 2 N–H and O–H groups in total. The lowest BCUT2D eigenvalue weighted by atomic mass is 9.97. The smallest absolute Gasteiger partial charge is 0.315 e. The molecular formula is C18H26O7S. The Hall–Kier alpha value is -1.77. The summed E-state index contributed by atoms with van der Waals surface area (Å²) < 4.78 is 15.2. The van der Waals surface area contributed by atoms with Crippen molar-refractivity contribution in [3.8, 4) is 11.5 Å². The third-order valence-electron chi connectivity index (χ3n) is 3.31. The molecule has 1 aromatic carbocycles. The van der Waals surface area contributed by atoms with Gasteiger partial charge in [-0.2, -0.15) is 0 Å². The molecule has 0 unspecified atom stereocenters. The minimum atomic E-state index is -0.306. The van der Waals surface area contributed by atoms with Crippen molar-refractivity contribution in [1.29, 1.82) is 0 Å². The number of aliphatic hydroxyl groups is 2. The number of ketones is 1. The Kier molecular flexibility index (Phi) is 9.47. The molecule has 2 rings (SSSR count). The van der Waals surface area contributed by atoms with E-state index in [1.807, 2.05) is 0 Å². The zero-order valence-corrected chi connectivity index (χ0v) is 16.1. The number of esters is 1. The highest BCUT2D eigenvalue weighted by Crippen LogP contribution is 2.32. The number of hydrogen-bond donors (Lipinski definition) is 2. The molecule has 26 heavy (non-hydrogen) atoms. The SMILES string of the molecule is CC(C)(CO)CO.CCOC(=O)CSCC(=O)c1ccc2c(c1)OCO2. The van der Waals surface area contributed by atoms with E-state index in [1.165, 1.54) is 11.8 Å². The molecule has 8 heteroatoms. The molecule has 1 aromatic rings. The van der Waals surface area contributed by atoms with Gasteiger partial charge in [-0.05, 0) is 25.1 Å². The number of carbonyl (C=O) groups excluding carboxylic acids is 2. The summed E-state index contributed by atoms with van der Waals surface area (Å²) in [5, 5.41) is 16.9. The zero-order valence-electron chi connectivity index (χ0n) is 15.3. The average Bonchev–Trinajstić information content (AvgIpc) is 3.10. The van der Waals surface area contributed by atoms with E-state index in [1.54, 1.807) is 39.0 Å². The lowest BCUT2D eigenvalue weighted by Gasteiger charge is -2.16. The number of Topliss-reactive ketones (excluding diaryl/α,β-unsaturated/α-hetero) is 1. The largest absolute Gasteiger partial charge is 0.465 e. The van der Waals surface area contributed by atoms with Gasteiger partial charge in [0.2, 0.25) is 6.79 Å². The van der Waals surface area contributed by atoms with Crippen LogP contribution in [-0.4, -0.2) is 60.1 Å². The van der Waals surface area contributed by atoms with Crippen molar-refractivity contribution < 1.29 is 34.0 Å². The van der Waals surface area contributed by atoms with E-state index in [2.05, 4.69) is 0 Å². The van der Waals surface area contributed by atoms with Gasteiger partial charge in [-0.25, -0.2) is 0 Å². The highest BCUT2D eigenvalue weighted by atomic mass is 32.2. The van der Waals surface area contributed by atoms with Crippen molar-refractivity contribution in [2.24, 2.45) is 5.41 Å². The topological polar surface area (TPSA) is 102 Å². The lowest BCUT2D eigenvalue weighted by molar-refractivity contribution is -0.139. The molecule has 0 bridgehead atoms. The zero-order chi connectivity index (χ0) is 19.6. The Bertz CT molecular complexity index is 595. The second-order valence-corrected chi connectivity index (χ2v) is 7.26. The first-order chi connectivity index (χ1) is 12.3. The summed E-state index contributed by atoms with van der Waals surface area (Å²) >= 11 is 1.24. The fourth-order valence-electron chi connectivity index (χ4n) is 1.63. The van der Waals surface area contributed by atoms with Gasteiger partial charge in [0.15, 0.2) is 17.3 Å². The predicted molar refractivity (Wildman–Crippen MR) is 98.8 cm³/mol. The third-order valence-corrected chi connectivity index (χ3v) is 4.22. The van der Waals surface area contributed by atoms with E-state index in [9.17, 15) is 9.59 Å².